The van der Waals surface area contributed by atoms with Crippen LogP contribution in [-0.4, -0.2) is 74.1 Å². The third kappa shape index (κ3) is 14.4. The number of fused-ring (bicyclic) bond motifs is 1. The number of carbonyl (C=O) groups excluding carboxylic acids is 1. The topological polar surface area (TPSA) is 202 Å². The summed E-state index contributed by atoms with van der Waals surface area (Å²) in [5, 5.41) is 28.0. The van der Waals surface area contributed by atoms with E-state index >= 15 is 0 Å². The van der Waals surface area contributed by atoms with Crippen LogP contribution < -0.4 is 15.8 Å². The number of amides is 1. The number of aromatic nitrogens is 2. The Morgan fingerprint density at radius 1 is 0.780 bits per heavy atom. The maximum Gasteiger partial charge on any atom is 0.490 e. The van der Waals surface area contributed by atoms with Crippen LogP contribution in [0.2, 0.25) is 0 Å². The highest BCUT2D eigenvalue weighted by Gasteiger charge is 2.38. The molecule has 1 atom stereocenters. The summed E-state index contributed by atoms with van der Waals surface area (Å²) in [4.78, 5) is 49.9. The Morgan fingerprint density at radius 2 is 1.32 bits per heavy atom. The number of nitrogens with two attached hydrogens (primary N) is 1. The number of anilines is 1. The Hall–Kier alpha value is -5.94. The molecule has 0 spiro atoms. The van der Waals surface area contributed by atoms with E-state index in [4.69, 9.17) is 35.4 Å². The highest BCUT2D eigenvalue weighted by atomic mass is 19.4. The van der Waals surface area contributed by atoms with E-state index in [1.54, 1.807) is 36.8 Å². The number of carboxylic acids is 3. The number of nitrogen functional groups attached to an aromatic ring is 1. The number of rotatable bonds is 11. The van der Waals surface area contributed by atoms with Gasteiger partial charge in [0.05, 0.1) is 6.04 Å². The van der Waals surface area contributed by atoms with Gasteiger partial charge in [0.2, 0.25) is 0 Å². The molecule has 4 rings (SSSR count). The molecule has 2 aromatic heterocycles. The molecule has 0 bridgehead atoms. The number of nitrogens with one attached hydrogen (secondary N) is 1. The Balaban J connectivity index is 0.000000521. The van der Waals surface area contributed by atoms with Crippen LogP contribution in [0.25, 0.3) is 10.8 Å². The summed E-state index contributed by atoms with van der Waals surface area (Å²) in [6.45, 7) is 0.120. The molecule has 4 aromatic rings. The van der Waals surface area contributed by atoms with Crippen molar-refractivity contribution in [2.24, 2.45) is 0 Å². The number of carboxylic acid groups (broad SMARTS) is 3. The predicted octanol–water partition coefficient (Wildman–Crippen LogP) is 5.31. The second kappa shape index (κ2) is 18.6. The van der Waals surface area contributed by atoms with Crippen LogP contribution in [0.1, 0.15) is 34.3 Å². The number of aliphatic carboxylic acids is 3. The van der Waals surface area contributed by atoms with Crippen molar-refractivity contribution in [1.82, 2.24) is 15.3 Å². The van der Waals surface area contributed by atoms with E-state index in [-0.39, 0.29) is 25.4 Å². The van der Waals surface area contributed by atoms with Crippen molar-refractivity contribution in [3.63, 3.8) is 0 Å². The fourth-order valence-electron chi connectivity index (χ4n) is 3.88. The SMILES string of the molecule is Nc1nccc2ccc(OC[C@@H](CCC(=O)O)NC(=O)c3ccc(CCc4ccncc4)cc3)cc12.O=C(O)C(F)(F)F.O=C(O)C(F)(F)F. The van der Waals surface area contributed by atoms with Crippen LogP contribution in [0.4, 0.5) is 32.2 Å². The summed E-state index contributed by atoms with van der Waals surface area (Å²) in [6, 6.07) is 18.3. The van der Waals surface area contributed by atoms with Gasteiger partial charge in [-0.05, 0) is 78.2 Å². The first-order valence-electron chi connectivity index (χ1n) is 14.2. The molecule has 268 valence electrons. The molecule has 6 N–H and O–H groups in total. The van der Waals surface area contributed by atoms with Crippen LogP contribution in [0, 0.1) is 0 Å². The molecule has 2 aromatic carbocycles. The zero-order valence-electron chi connectivity index (χ0n) is 25.7. The van der Waals surface area contributed by atoms with Crippen LogP contribution in [0.5, 0.6) is 5.75 Å². The van der Waals surface area contributed by atoms with Crippen molar-refractivity contribution in [2.75, 3.05) is 12.3 Å². The molecule has 50 heavy (non-hydrogen) atoms. The molecule has 12 nitrogen and oxygen atoms in total. The summed E-state index contributed by atoms with van der Waals surface area (Å²) < 4.78 is 69.4. The standard InChI is InChI=1S/C28H28N4O4.2C2HF3O2/c29-27-25-17-24(9-7-21(25)13-16-31-27)36-18-23(8-10-26(33)34)32-28(35)22-5-3-19(4-6-22)1-2-20-11-14-30-15-12-20;2*3-2(4,5)1(6)7/h3-7,9,11-17,23H,1-2,8,10,18H2,(H2,29,31)(H,32,35)(H,33,34);2*(H,6,7)/t23-;;/m1../s1. The number of halogens is 6. The average molecular weight is 713 g/mol. The summed E-state index contributed by atoms with van der Waals surface area (Å²) in [7, 11) is 0. The molecule has 0 fully saturated rings. The fourth-order valence-corrected chi connectivity index (χ4v) is 3.88. The van der Waals surface area contributed by atoms with Crippen LogP contribution >= 0.6 is 0 Å². The predicted molar refractivity (Wildman–Crippen MR) is 165 cm³/mol. The first kappa shape index (κ1) is 40.2. The maximum absolute atomic E-state index is 12.9. The first-order valence-corrected chi connectivity index (χ1v) is 14.2. The van der Waals surface area contributed by atoms with Gasteiger partial charge in [-0.1, -0.05) is 18.2 Å². The van der Waals surface area contributed by atoms with Gasteiger partial charge in [0.25, 0.3) is 5.91 Å². The summed E-state index contributed by atoms with van der Waals surface area (Å²) in [5.41, 5.74) is 8.80. The number of ether oxygens (including phenoxy) is 1. The quantitative estimate of drug-likeness (QED) is 0.126. The number of carbonyl (C=O) groups is 4. The van der Waals surface area contributed by atoms with Gasteiger partial charge in [0.1, 0.15) is 18.2 Å². The number of benzene rings is 2. The van der Waals surface area contributed by atoms with Gasteiger partial charge < -0.3 is 31.1 Å². The number of alkyl halides is 6. The van der Waals surface area contributed by atoms with E-state index in [0.717, 1.165) is 29.2 Å². The molecule has 0 aliphatic rings. The second-order valence-corrected chi connectivity index (χ2v) is 10.2. The third-order valence-corrected chi connectivity index (χ3v) is 6.41. The van der Waals surface area contributed by atoms with Crippen molar-refractivity contribution in [1.29, 1.82) is 0 Å². The molecule has 0 unspecified atom stereocenters. The van der Waals surface area contributed by atoms with E-state index in [2.05, 4.69) is 15.3 Å². The lowest BCUT2D eigenvalue weighted by Crippen LogP contribution is -2.39. The van der Waals surface area contributed by atoms with Gasteiger partial charge in [-0.2, -0.15) is 26.3 Å². The minimum absolute atomic E-state index is 0.0865. The smallest absolute Gasteiger partial charge is 0.490 e. The van der Waals surface area contributed by atoms with Crippen LogP contribution in [0.3, 0.4) is 0 Å². The number of pyridine rings is 2. The third-order valence-electron chi connectivity index (χ3n) is 6.41. The minimum atomic E-state index is -5.08. The molecule has 18 heteroatoms. The van der Waals surface area contributed by atoms with Crippen molar-refractivity contribution < 1.29 is 65.6 Å². The Morgan fingerprint density at radius 3 is 1.84 bits per heavy atom. The fraction of sp³-hybridized carbons (Fsp3) is 0.250. The van der Waals surface area contributed by atoms with Gasteiger partial charge in [-0.25, -0.2) is 14.6 Å². The average Bonchev–Trinajstić information content (AvgIpc) is 3.05. The van der Waals surface area contributed by atoms with Crippen molar-refractivity contribution in [3.05, 3.63) is 95.9 Å². The summed E-state index contributed by atoms with van der Waals surface area (Å²) in [6.07, 6.45) is -3.08. The molecule has 0 saturated carbocycles. The van der Waals surface area contributed by atoms with Crippen molar-refractivity contribution in [2.45, 2.75) is 44.1 Å². The van der Waals surface area contributed by atoms with E-state index < -0.39 is 36.3 Å². The zero-order chi connectivity index (χ0) is 37.5. The van der Waals surface area contributed by atoms with Crippen molar-refractivity contribution >= 4 is 40.4 Å². The van der Waals surface area contributed by atoms with Gasteiger partial charge >= 0.3 is 30.3 Å². The normalized spacial score (nSPS) is 11.6. The Bertz CT molecular complexity index is 1710. The van der Waals surface area contributed by atoms with E-state index in [9.17, 15) is 35.9 Å². The van der Waals surface area contributed by atoms with E-state index in [0.29, 0.717) is 17.1 Å². The lowest BCUT2D eigenvalue weighted by atomic mass is 10.0. The molecule has 2 heterocycles. The number of hydrogen-bond acceptors (Lipinski definition) is 8. The number of hydrogen-bond donors (Lipinski definition) is 5. The van der Waals surface area contributed by atoms with Gasteiger partial charge in [0.15, 0.2) is 0 Å². The van der Waals surface area contributed by atoms with E-state index in [1.165, 1.54) is 5.56 Å². The Labute approximate surface area is 279 Å². The molecule has 0 saturated heterocycles. The van der Waals surface area contributed by atoms with Gasteiger partial charge in [0, 0.05) is 36.0 Å². The molecule has 0 aliphatic carbocycles. The molecular formula is C32H30F6N4O8. The molecule has 0 aliphatic heterocycles. The zero-order valence-corrected chi connectivity index (χ0v) is 25.7. The Kier molecular flexibility index (Phi) is 14.9. The lowest BCUT2D eigenvalue weighted by molar-refractivity contribution is -0.193. The summed E-state index contributed by atoms with van der Waals surface area (Å²) >= 11 is 0. The first-order chi connectivity index (χ1) is 23.4. The summed E-state index contributed by atoms with van der Waals surface area (Å²) in [5.74, 6) is -5.76. The maximum atomic E-state index is 12.9. The highest BCUT2D eigenvalue weighted by Crippen LogP contribution is 2.24. The van der Waals surface area contributed by atoms with Gasteiger partial charge in [-0.3, -0.25) is 14.6 Å². The minimum Gasteiger partial charge on any atom is -0.491 e. The molecule has 0 radical (unpaired) electrons. The van der Waals surface area contributed by atoms with Crippen LogP contribution in [-0.2, 0) is 27.2 Å². The van der Waals surface area contributed by atoms with Gasteiger partial charge in [-0.15, -0.1) is 0 Å². The van der Waals surface area contributed by atoms with Crippen LogP contribution in [0.15, 0.2) is 79.3 Å². The lowest BCUT2D eigenvalue weighted by Gasteiger charge is -2.19. The highest BCUT2D eigenvalue weighted by molar-refractivity contribution is 5.94. The largest absolute Gasteiger partial charge is 0.491 e. The van der Waals surface area contributed by atoms with Crippen molar-refractivity contribution in [3.8, 4) is 5.75 Å². The van der Waals surface area contributed by atoms with E-state index in [1.807, 2.05) is 42.5 Å². The number of nitrogens with zero attached hydrogens (tertiary/aromatic N) is 2. The number of aryl methyl sites for hydroxylation is 2. The molecular weight excluding hydrogens is 682 g/mol. The monoisotopic (exact) mass is 712 g/mol. The molecule has 1 amide bonds. The second-order valence-electron chi connectivity index (χ2n) is 10.2.